The van der Waals surface area contributed by atoms with Gasteiger partial charge in [-0.05, 0) is 36.4 Å². The van der Waals surface area contributed by atoms with Gasteiger partial charge >= 0.3 is 0 Å². The quantitative estimate of drug-likeness (QED) is 0.786. The fourth-order valence-corrected chi connectivity index (χ4v) is 2.92. The van der Waals surface area contributed by atoms with Crippen LogP contribution in [-0.4, -0.2) is 32.1 Å². The molecule has 1 N–H and O–H groups in total. The maximum atomic E-state index is 11.6. The molecule has 0 saturated carbocycles. The molecule has 0 fully saturated rings. The number of amides is 1. The first-order valence-corrected chi connectivity index (χ1v) is 9.16. The third-order valence-corrected chi connectivity index (χ3v) is 4.61. The van der Waals surface area contributed by atoms with Gasteiger partial charge in [0, 0.05) is 11.9 Å². The summed E-state index contributed by atoms with van der Waals surface area (Å²) in [6, 6.07) is 6.19. The van der Waals surface area contributed by atoms with Gasteiger partial charge in [0.05, 0.1) is 10.6 Å². The molecule has 6 heteroatoms. The van der Waals surface area contributed by atoms with Gasteiger partial charge in [-0.1, -0.05) is 13.3 Å². The number of anilines is 1. The highest BCUT2D eigenvalue weighted by Crippen LogP contribution is 2.14. The van der Waals surface area contributed by atoms with E-state index in [0.29, 0.717) is 11.4 Å². The Morgan fingerprint density at radius 1 is 1.26 bits per heavy atom. The Morgan fingerprint density at radius 2 is 1.89 bits per heavy atom. The number of benzene rings is 1. The zero-order valence-corrected chi connectivity index (χ0v) is 12.8. The van der Waals surface area contributed by atoms with Crippen molar-refractivity contribution in [2.75, 3.05) is 23.1 Å². The molecule has 1 amide bonds. The normalized spacial score (nSPS) is 11.3. The van der Waals surface area contributed by atoms with E-state index in [1.807, 2.05) is 0 Å². The maximum Gasteiger partial charge on any atom is 0.234 e. The molecule has 106 valence electrons. The summed E-state index contributed by atoms with van der Waals surface area (Å²) < 4.78 is 22.6. The summed E-state index contributed by atoms with van der Waals surface area (Å²) in [7, 11) is -3.19. The molecule has 0 aliphatic carbocycles. The Morgan fingerprint density at radius 3 is 2.42 bits per heavy atom. The lowest BCUT2D eigenvalue weighted by Crippen LogP contribution is -2.14. The van der Waals surface area contributed by atoms with Crippen molar-refractivity contribution in [1.29, 1.82) is 0 Å². The lowest BCUT2D eigenvalue weighted by molar-refractivity contribution is -0.113. The number of rotatable bonds is 7. The van der Waals surface area contributed by atoms with Crippen LogP contribution in [0.1, 0.15) is 19.8 Å². The number of hydrogen-bond acceptors (Lipinski definition) is 4. The smallest absolute Gasteiger partial charge is 0.234 e. The lowest BCUT2D eigenvalue weighted by atomic mass is 10.3. The second kappa shape index (κ2) is 7.55. The molecule has 0 bridgehead atoms. The van der Waals surface area contributed by atoms with Crippen molar-refractivity contribution in [3.8, 4) is 0 Å². The van der Waals surface area contributed by atoms with E-state index in [2.05, 4.69) is 12.2 Å². The molecular formula is C13H19NO3S2. The molecule has 4 nitrogen and oxygen atoms in total. The largest absolute Gasteiger partial charge is 0.325 e. The molecule has 0 saturated heterocycles. The van der Waals surface area contributed by atoms with E-state index in [4.69, 9.17) is 0 Å². The molecule has 0 radical (unpaired) electrons. The van der Waals surface area contributed by atoms with Gasteiger partial charge in [-0.15, -0.1) is 0 Å². The summed E-state index contributed by atoms with van der Waals surface area (Å²) in [5, 5.41) is 2.74. The van der Waals surface area contributed by atoms with Gasteiger partial charge in [0.15, 0.2) is 9.84 Å². The summed E-state index contributed by atoms with van der Waals surface area (Å²) in [5.41, 5.74) is 0.619. The van der Waals surface area contributed by atoms with E-state index in [1.165, 1.54) is 12.1 Å². The van der Waals surface area contributed by atoms with E-state index in [1.54, 1.807) is 23.9 Å². The number of carbonyl (C=O) groups is 1. The Kier molecular flexibility index (Phi) is 6.37. The van der Waals surface area contributed by atoms with Crippen LogP contribution >= 0.6 is 11.8 Å². The lowest BCUT2D eigenvalue weighted by Gasteiger charge is -2.06. The number of unbranched alkanes of at least 4 members (excludes halogenated alkanes) is 1. The third kappa shape index (κ3) is 6.11. The Bertz CT molecular complexity index is 509. The predicted molar refractivity (Wildman–Crippen MR) is 80.4 cm³/mol. The highest BCUT2D eigenvalue weighted by Gasteiger charge is 2.07. The first-order valence-electron chi connectivity index (χ1n) is 6.11. The highest BCUT2D eigenvalue weighted by molar-refractivity contribution is 7.99. The van der Waals surface area contributed by atoms with Crippen LogP contribution in [0, 0.1) is 0 Å². The minimum Gasteiger partial charge on any atom is -0.325 e. The second-order valence-corrected chi connectivity index (χ2v) is 7.37. The number of nitrogens with one attached hydrogen (secondary N) is 1. The molecule has 0 aromatic heterocycles. The Balaban J connectivity index is 2.47. The summed E-state index contributed by atoms with van der Waals surface area (Å²) in [6.45, 7) is 2.12. The van der Waals surface area contributed by atoms with Crippen LogP contribution in [0.15, 0.2) is 29.2 Å². The number of hydrogen-bond donors (Lipinski definition) is 1. The summed E-state index contributed by atoms with van der Waals surface area (Å²) in [6.07, 6.45) is 3.40. The zero-order valence-electron chi connectivity index (χ0n) is 11.2. The summed E-state index contributed by atoms with van der Waals surface area (Å²) >= 11 is 1.60. The molecule has 0 spiro atoms. The van der Waals surface area contributed by atoms with Gasteiger partial charge in [0.1, 0.15) is 0 Å². The Hall–Kier alpha value is -1.01. The fraction of sp³-hybridized carbons (Fsp3) is 0.462. The molecule has 1 aromatic rings. The van der Waals surface area contributed by atoms with Crippen molar-refractivity contribution < 1.29 is 13.2 Å². The average molecular weight is 301 g/mol. The van der Waals surface area contributed by atoms with Gasteiger partial charge in [-0.2, -0.15) is 11.8 Å². The van der Waals surface area contributed by atoms with Gasteiger partial charge < -0.3 is 5.32 Å². The molecule has 19 heavy (non-hydrogen) atoms. The monoisotopic (exact) mass is 301 g/mol. The minimum atomic E-state index is -3.19. The van der Waals surface area contributed by atoms with Crippen LogP contribution in [0.25, 0.3) is 0 Å². The SMILES string of the molecule is CCCCSCC(=O)Nc1ccc(S(C)(=O)=O)cc1. The zero-order chi connectivity index (χ0) is 14.3. The number of carbonyl (C=O) groups excluding carboxylic acids is 1. The van der Waals surface area contributed by atoms with E-state index in [0.717, 1.165) is 24.9 Å². The highest BCUT2D eigenvalue weighted by atomic mass is 32.2. The molecular weight excluding hydrogens is 282 g/mol. The van der Waals surface area contributed by atoms with Crippen molar-refractivity contribution in [3.63, 3.8) is 0 Å². The fourth-order valence-electron chi connectivity index (χ4n) is 1.39. The average Bonchev–Trinajstić information content (AvgIpc) is 2.34. The predicted octanol–water partition coefficient (Wildman–Crippen LogP) is 2.56. The van der Waals surface area contributed by atoms with Crippen LogP contribution in [0.3, 0.4) is 0 Å². The number of thioether (sulfide) groups is 1. The second-order valence-electron chi connectivity index (χ2n) is 4.25. The van der Waals surface area contributed by atoms with Crippen LogP contribution < -0.4 is 5.32 Å². The summed E-state index contributed by atoms with van der Waals surface area (Å²) in [4.78, 5) is 11.9. The molecule has 1 aromatic carbocycles. The molecule has 1 rings (SSSR count). The molecule has 0 unspecified atom stereocenters. The van der Waals surface area contributed by atoms with Crippen LogP contribution in [0.5, 0.6) is 0 Å². The van der Waals surface area contributed by atoms with E-state index in [-0.39, 0.29) is 10.8 Å². The first-order chi connectivity index (χ1) is 8.93. The van der Waals surface area contributed by atoms with Crippen LogP contribution in [0.2, 0.25) is 0 Å². The minimum absolute atomic E-state index is 0.0618. The van der Waals surface area contributed by atoms with Crippen molar-refractivity contribution in [1.82, 2.24) is 0 Å². The van der Waals surface area contributed by atoms with E-state index in [9.17, 15) is 13.2 Å². The van der Waals surface area contributed by atoms with Gasteiger partial charge in [-0.3, -0.25) is 4.79 Å². The van der Waals surface area contributed by atoms with E-state index >= 15 is 0 Å². The van der Waals surface area contributed by atoms with Gasteiger partial charge in [-0.25, -0.2) is 8.42 Å². The third-order valence-electron chi connectivity index (χ3n) is 2.44. The first kappa shape index (κ1) is 16.0. The van der Waals surface area contributed by atoms with Gasteiger partial charge in [0.2, 0.25) is 5.91 Å². The van der Waals surface area contributed by atoms with Crippen molar-refractivity contribution >= 4 is 33.2 Å². The van der Waals surface area contributed by atoms with Gasteiger partial charge in [0.25, 0.3) is 0 Å². The molecule has 0 atom stereocenters. The molecule has 0 aliphatic heterocycles. The van der Waals surface area contributed by atoms with E-state index < -0.39 is 9.84 Å². The molecule has 0 aliphatic rings. The standard InChI is InChI=1S/C13H19NO3S2/c1-3-4-9-18-10-13(15)14-11-5-7-12(8-6-11)19(2,16)17/h5-8H,3-4,9-10H2,1-2H3,(H,14,15). The Labute approximate surface area is 118 Å². The van der Waals surface area contributed by atoms with Crippen LogP contribution in [-0.2, 0) is 14.6 Å². The van der Waals surface area contributed by atoms with Crippen molar-refractivity contribution in [3.05, 3.63) is 24.3 Å². The van der Waals surface area contributed by atoms with Crippen molar-refractivity contribution in [2.24, 2.45) is 0 Å². The number of sulfone groups is 1. The van der Waals surface area contributed by atoms with Crippen LogP contribution in [0.4, 0.5) is 5.69 Å². The van der Waals surface area contributed by atoms with Crippen molar-refractivity contribution in [2.45, 2.75) is 24.7 Å². The molecule has 0 heterocycles. The topological polar surface area (TPSA) is 63.2 Å². The maximum absolute atomic E-state index is 11.6. The summed E-state index contributed by atoms with van der Waals surface area (Å²) in [5.74, 6) is 1.35.